The van der Waals surface area contributed by atoms with Crippen molar-refractivity contribution in [3.05, 3.63) is 60.2 Å². The molecule has 0 fully saturated rings. The summed E-state index contributed by atoms with van der Waals surface area (Å²) in [6, 6.07) is 8.63. The number of nitrogens with one attached hydrogen (secondary N) is 1. The number of hydrogen-bond acceptors (Lipinski definition) is 5. The van der Waals surface area contributed by atoms with E-state index in [1.165, 1.54) is 12.3 Å². The number of aromatic nitrogens is 4. The van der Waals surface area contributed by atoms with Crippen molar-refractivity contribution in [2.24, 2.45) is 0 Å². The molecule has 2 N–H and O–H groups in total. The molecule has 0 spiro atoms. The third-order valence-electron chi connectivity index (χ3n) is 2.96. The van der Waals surface area contributed by atoms with E-state index in [9.17, 15) is 4.79 Å². The Morgan fingerprint density at radius 2 is 2.09 bits per heavy atom. The highest BCUT2D eigenvalue weighted by Gasteiger charge is 2.06. The van der Waals surface area contributed by atoms with Gasteiger partial charge in [-0.1, -0.05) is 0 Å². The highest BCUT2D eigenvalue weighted by molar-refractivity contribution is 5.85. The smallest absolute Gasteiger partial charge is 0.354 e. The maximum absolute atomic E-state index is 10.9. The van der Waals surface area contributed by atoms with Crippen molar-refractivity contribution < 1.29 is 14.6 Å². The molecule has 0 saturated heterocycles. The molecular formula is C15H12N4O3. The Hall–Kier alpha value is -3.22. The van der Waals surface area contributed by atoms with Crippen LogP contribution < -0.4 is 4.74 Å². The Balaban J connectivity index is 1.66. The predicted molar refractivity (Wildman–Crippen MR) is 77.3 cm³/mol. The molecule has 0 aromatic carbocycles. The molecule has 0 bridgehead atoms. The predicted octanol–water partition coefficient (Wildman–Crippen LogP) is 2.14. The highest BCUT2D eigenvalue weighted by atomic mass is 16.5. The first-order chi connectivity index (χ1) is 10.7. The summed E-state index contributed by atoms with van der Waals surface area (Å²) in [7, 11) is 0. The topological polar surface area (TPSA) is 101 Å². The second-order valence-electron chi connectivity index (χ2n) is 4.49. The van der Waals surface area contributed by atoms with Crippen LogP contribution in [0.25, 0.3) is 11.4 Å². The molecule has 7 heteroatoms. The summed E-state index contributed by atoms with van der Waals surface area (Å²) in [6.07, 6.45) is 4.71. The van der Waals surface area contributed by atoms with Gasteiger partial charge in [-0.15, -0.1) is 0 Å². The fraction of sp³-hybridized carbons (Fsp3) is 0.0667. The normalized spacial score (nSPS) is 10.4. The van der Waals surface area contributed by atoms with Crippen LogP contribution in [0.3, 0.4) is 0 Å². The largest absolute Gasteiger partial charge is 0.487 e. The number of ether oxygens (including phenoxy) is 1. The molecule has 0 radical (unpaired) electrons. The maximum Gasteiger partial charge on any atom is 0.354 e. The molecule has 3 aromatic rings. The second-order valence-corrected chi connectivity index (χ2v) is 4.49. The van der Waals surface area contributed by atoms with Gasteiger partial charge in [0.1, 0.15) is 18.1 Å². The van der Waals surface area contributed by atoms with Crippen molar-refractivity contribution in [1.29, 1.82) is 0 Å². The van der Waals surface area contributed by atoms with Crippen LogP contribution >= 0.6 is 0 Å². The lowest BCUT2D eigenvalue weighted by Crippen LogP contribution is -2.03. The summed E-state index contributed by atoms with van der Waals surface area (Å²) in [5.74, 6) is -0.468. The number of aromatic amines is 1. The Labute approximate surface area is 125 Å². The minimum absolute atomic E-state index is 0.00572. The monoisotopic (exact) mass is 296 g/mol. The molecule has 0 atom stereocenters. The molecule has 7 nitrogen and oxygen atoms in total. The number of aromatic carboxylic acids is 1. The summed E-state index contributed by atoms with van der Waals surface area (Å²) in [6.45, 7) is 0.244. The molecule has 0 amide bonds. The summed E-state index contributed by atoms with van der Waals surface area (Å²) < 4.78 is 5.59. The van der Waals surface area contributed by atoms with Crippen molar-refractivity contribution in [2.45, 2.75) is 6.61 Å². The van der Waals surface area contributed by atoms with Gasteiger partial charge >= 0.3 is 5.97 Å². The van der Waals surface area contributed by atoms with Gasteiger partial charge in [-0.3, -0.25) is 10.1 Å². The van der Waals surface area contributed by atoms with Gasteiger partial charge in [-0.05, 0) is 35.9 Å². The molecule has 0 unspecified atom stereocenters. The van der Waals surface area contributed by atoms with E-state index in [2.05, 4.69) is 20.2 Å². The van der Waals surface area contributed by atoms with Crippen LogP contribution in [0, 0.1) is 0 Å². The first-order valence-corrected chi connectivity index (χ1v) is 6.49. The van der Waals surface area contributed by atoms with Crippen LogP contribution in [0.15, 0.2) is 48.9 Å². The lowest BCUT2D eigenvalue weighted by atomic mass is 10.2. The first kappa shape index (κ1) is 13.7. The van der Waals surface area contributed by atoms with Gasteiger partial charge in [0.05, 0.1) is 17.6 Å². The van der Waals surface area contributed by atoms with Crippen molar-refractivity contribution in [3.63, 3.8) is 0 Å². The van der Waals surface area contributed by atoms with Crippen LogP contribution in [-0.2, 0) is 6.61 Å². The zero-order valence-electron chi connectivity index (χ0n) is 11.4. The van der Waals surface area contributed by atoms with Crippen molar-refractivity contribution in [3.8, 4) is 17.1 Å². The van der Waals surface area contributed by atoms with E-state index in [4.69, 9.17) is 9.84 Å². The number of carboxylic acid groups (broad SMARTS) is 1. The quantitative estimate of drug-likeness (QED) is 0.748. The van der Waals surface area contributed by atoms with E-state index < -0.39 is 5.97 Å². The minimum atomic E-state index is -1.06. The lowest BCUT2D eigenvalue weighted by Gasteiger charge is -2.07. The third-order valence-corrected chi connectivity index (χ3v) is 2.96. The number of carboxylic acids is 1. The Morgan fingerprint density at radius 3 is 2.77 bits per heavy atom. The highest BCUT2D eigenvalue weighted by Crippen LogP contribution is 2.17. The summed E-state index contributed by atoms with van der Waals surface area (Å²) in [4.78, 5) is 18.9. The fourth-order valence-corrected chi connectivity index (χ4v) is 1.87. The van der Waals surface area contributed by atoms with Gasteiger partial charge in [0.15, 0.2) is 0 Å². The van der Waals surface area contributed by atoms with Crippen LogP contribution in [-0.4, -0.2) is 31.2 Å². The van der Waals surface area contributed by atoms with Gasteiger partial charge in [0, 0.05) is 12.4 Å². The van der Waals surface area contributed by atoms with E-state index in [0.29, 0.717) is 5.75 Å². The van der Waals surface area contributed by atoms with Crippen LogP contribution in [0.4, 0.5) is 0 Å². The Kier molecular flexibility index (Phi) is 3.78. The zero-order chi connectivity index (χ0) is 15.4. The van der Waals surface area contributed by atoms with Gasteiger partial charge in [0.2, 0.25) is 0 Å². The number of pyridine rings is 2. The van der Waals surface area contributed by atoms with E-state index in [1.807, 2.05) is 12.1 Å². The van der Waals surface area contributed by atoms with E-state index in [1.54, 1.807) is 24.5 Å². The van der Waals surface area contributed by atoms with Crippen molar-refractivity contribution in [2.75, 3.05) is 0 Å². The molecule has 3 rings (SSSR count). The Bertz CT molecular complexity index is 770. The molecule has 0 saturated carbocycles. The van der Waals surface area contributed by atoms with Gasteiger partial charge in [-0.25, -0.2) is 9.78 Å². The van der Waals surface area contributed by atoms with Gasteiger partial charge in [-0.2, -0.15) is 5.10 Å². The molecule has 22 heavy (non-hydrogen) atoms. The van der Waals surface area contributed by atoms with E-state index >= 15 is 0 Å². The average molecular weight is 296 g/mol. The summed E-state index contributed by atoms with van der Waals surface area (Å²) >= 11 is 0. The average Bonchev–Trinajstić information content (AvgIpc) is 3.08. The van der Waals surface area contributed by atoms with Crippen molar-refractivity contribution >= 4 is 5.97 Å². The number of rotatable bonds is 5. The molecule has 110 valence electrons. The second kappa shape index (κ2) is 6.04. The standard InChI is InChI=1S/C15H12N4O3/c20-15(21)14-7-10(3-5-16-14)9-22-11-1-2-12(17-8-11)13-4-6-18-19-13/h1-8H,9H2,(H,18,19)(H,20,21). The van der Waals surface area contributed by atoms with Gasteiger partial charge < -0.3 is 9.84 Å². The molecule has 0 aliphatic heterocycles. The molecule has 0 aliphatic rings. The van der Waals surface area contributed by atoms with E-state index in [0.717, 1.165) is 17.0 Å². The first-order valence-electron chi connectivity index (χ1n) is 6.49. The fourth-order valence-electron chi connectivity index (χ4n) is 1.87. The molecule has 3 aromatic heterocycles. The van der Waals surface area contributed by atoms with Crippen molar-refractivity contribution in [1.82, 2.24) is 20.2 Å². The summed E-state index contributed by atoms with van der Waals surface area (Å²) in [5.41, 5.74) is 2.31. The SMILES string of the molecule is O=C(O)c1cc(COc2ccc(-c3ccn[nH]3)nc2)ccn1. The van der Waals surface area contributed by atoms with Crippen LogP contribution in [0.5, 0.6) is 5.75 Å². The molecule has 0 aliphatic carbocycles. The summed E-state index contributed by atoms with van der Waals surface area (Å²) in [5, 5.41) is 15.6. The van der Waals surface area contributed by atoms with Crippen LogP contribution in [0.1, 0.15) is 16.1 Å². The van der Waals surface area contributed by atoms with Gasteiger partial charge in [0.25, 0.3) is 0 Å². The number of nitrogens with zero attached hydrogens (tertiary/aromatic N) is 3. The number of H-pyrrole nitrogens is 1. The van der Waals surface area contributed by atoms with Crippen LogP contribution in [0.2, 0.25) is 0 Å². The number of carbonyl (C=O) groups is 1. The molecular weight excluding hydrogens is 284 g/mol. The lowest BCUT2D eigenvalue weighted by molar-refractivity contribution is 0.0690. The minimum Gasteiger partial charge on any atom is -0.487 e. The maximum atomic E-state index is 10.9. The zero-order valence-corrected chi connectivity index (χ0v) is 11.4. The Morgan fingerprint density at radius 1 is 1.18 bits per heavy atom. The number of hydrogen-bond donors (Lipinski definition) is 2. The van der Waals surface area contributed by atoms with E-state index in [-0.39, 0.29) is 12.3 Å². The molecule has 3 heterocycles. The third kappa shape index (κ3) is 3.09.